The highest BCUT2D eigenvalue weighted by molar-refractivity contribution is 6.30. The highest BCUT2D eigenvalue weighted by atomic mass is 35.5. The zero-order valence-electron chi connectivity index (χ0n) is 11.3. The van der Waals surface area contributed by atoms with E-state index in [1.807, 2.05) is 36.2 Å². The number of carbonyl (C=O) groups is 1. The van der Waals surface area contributed by atoms with Crippen LogP contribution >= 0.6 is 11.6 Å². The molecule has 1 aliphatic heterocycles. The van der Waals surface area contributed by atoms with E-state index in [2.05, 4.69) is 5.10 Å². The summed E-state index contributed by atoms with van der Waals surface area (Å²) in [6.45, 7) is 0.780. The molecule has 0 radical (unpaired) electrons. The third kappa shape index (κ3) is 2.43. The van der Waals surface area contributed by atoms with E-state index in [4.69, 9.17) is 11.6 Å². The molecule has 0 aliphatic carbocycles. The van der Waals surface area contributed by atoms with Crippen LogP contribution in [0.3, 0.4) is 0 Å². The van der Waals surface area contributed by atoms with Crippen LogP contribution in [0.5, 0.6) is 0 Å². The number of halogens is 1. The molecule has 1 amide bonds. The lowest BCUT2D eigenvalue weighted by atomic mass is 10.0. The molecule has 2 aromatic rings. The van der Waals surface area contributed by atoms with Crippen molar-refractivity contribution < 1.29 is 4.79 Å². The molecule has 0 spiro atoms. The average Bonchev–Trinajstić information content (AvgIpc) is 3.07. The highest BCUT2D eigenvalue weighted by Crippen LogP contribution is 2.33. The van der Waals surface area contributed by atoms with Crippen LogP contribution in [0.1, 0.15) is 34.9 Å². The van der Waals surface area contributed by atoms with E-state index in [0.29, 0.717) is 10.7 Å². The van der Waals surface area contributed by atoms with Gasteiger partial charge in [-0.25, -0.2) is 0 Å². The van der Waals surface area contributed by atoms with Crippen molar-refractivity contribution in [2.75, 3.05) is 6.54 Å². The lowest BCUT2D eigenvalue weighted by molar-refractivity contribution is 0.0729. The lowest BCUT2D eigenvalue weighted by Crippen LogP contribution is -2.30. The number of nitrogens with zero attached hydrogens (tertiary/aromatic N) is 3. The number of aryl methyl sites for hydroxylation is 1. The van der Waals surface area contributed by atoms with Crippen molar-refractivity contribution >= 4 is 17.5 Å². The van der Waals surface area contributed by atoms with E-state index < -0.39 is 0 Å². The number of hydrogen-bond donors (Lipinski definition) is 0. The second kappa shape index (κ2) is 5.29. The van der Waals surface area contributed by atoms with Gasteiger partial charge in [0.05, 0.1) is 6.04 Å². The smallest absolute Gasteiger partial charge is 0.274 e. The summed E-state index contributed by atoms with van der Waals surface area (Å²) in [5.41, 5.74) is 1.64. The van der Waals surface area contributed by atoms with Crippen LogP contribution in [0.15, 0.2) is 36.5 Å². The first-order valence-corrected chi connectivity index (χ1v) is 7.09. The van der Waals surface area contributed by atoms with Crippen LogP contribution in [-0.2, 0) is 7.05 Å². The van der Waals surface area contributed by atoms with Crippen LogP contribution in [0, 0.1) is 0 Å². The first-order chi connectivity index (χ1) is 9.65. The zero-order valence-corrected chi connectivity index (χ0v) is 12.0. The second-order valence-corrected chi connectivity index (χ2v) is 5.52. The van der Waals surface area contributed by atoms with Gasteiger partial charge in [-0.3, -0.25) is 9.48 Å². The number of hydrogen-bond acceptors (Lipinski definition) is 2. The number of likely N-dealkylation sites (tertiary alicyclic amines) is 1. The summed E-state index contributed by atoms with van der Waals surface area (Å²) in [4.78, 5) is 14.4. The molecule has 4 nitrogen and oxygen atoms in total. The number of aromatic nitrogens is 2. The Morgan fingerprint density at radius 3 is 2.70 bits per heavy atom. The van der Waals surface area contributed by atoms with Crippen LogP contribution < -0.4 is 0 Å². The quantitative estimate of drug-likeness (QED) is 0.852. The van der Waals surface area contributed by atoms with Crippen molar-refractivity contribution in [2.24, 2.45) is 7.05 Å². The first-order valence-electron chi connectivity index (χ1n) is 6.71. The van der Waals surface area contributed by atoms with Crippen LogP contribution in [0.2, 0.25) is 5.02 Å². The predicted octanol–water partition coefficient (Wildman–Crippen LogP) is 3.05. The Morgan fingerprint density at radius 1 is 1.30 bits per heavy atom. The third-order valence-electron chi connectivity index (χ3n) is 3.70. The Hall–Kier alpha value is -1.81. The van der Waals surface area contributed by atoms with Gasteiger partial charge < -0.3 is 4.90 Å². The number of benzene rings is 1. The minimum atomic E-state index is 0.00282. The average molecular weight is 290 g/mol. The van der Waals surface area contributed by atoms with Crippen LogP contribution in [-0.4, -0.2) is 27.1 Å². The maximum atomic E-state index is 12.5. The summed E-state index contributed by atoms with van der Waals surface area (Å²) in [6, 6.07) is 9.63. The molecule has 1 aliphatic rings. The lowest BCUT2D eigenvalue weighted by Gasteiger charge is -2.24. The molecule has 104 valence electrons. The van der Waals surface area contributed by atoms with Crippen LogP contribution in [0.4, 0.5) is 0 Å². The maximum absolute atomic E-state index is 12.5. The molecule has 1 atom stereocenters. The molecule has 0 bridgehead atoms. The van der Waals surface area contributed by atoms with Crippen molar-refractivity contribution in [2.45, 2.75) is 18.9 Å². The summed E-state index contributed by atoms with van der Waals surface area (Å²) in [5.74, 6) is 0.00282. The molecular formula is C15H16ClN3O. The molecule has 3 rings (SSSR count). The van der Waals surface area contributed by atoms with Gasteiger partial charge in [0.15, 0.2) is 0 Å². The Labute approximate surface area is 123 Å². The Kier molecular flexibility index (Phi) is 3.49. The highest BCUT2D eigenvalue weighted by Gasteiger charge is 2.31. The van der Waals surface area contributed by atoms with E-state index in [0.717, 1.165) is 24.9 Å². The molecule has 1 saturated heterocycles. The Balaban J connectivity index is 1.85. The molecule has 20 heavy (non-hydrogen) atoms. The Morgan fingerprint density at radius 2 is 2.05 bits per heavy atom. The standard InChI is InChI=1S/C15H16ClN3O/c1-18-10-8-13(17-18)15(20)19-9-2-3-14(19)11-4-6-12(16)7-5-11/h4-8,10,14H,2-3,9H2,1H3/t14-/m0/s1. The number of carbonyl (C=O) groups excluding carboxylic acids is 1. The van der Waals surface area contributed by atoms with Gasteiger partial charge in [0.2, 0.25) is 0 Å². The zero-order chi connectivity index (χ0) is 14.1. The van der Waals surface area contributed by atoms with Gasteiger partial charge >= 0.3 is 0 Å². The van der Waals surface area contributed by atoms with E-state index in [-0.39, 0.29) is 11.9 Å². The monoisotopic (exact) mass is 289 g/mol. The number of amides is 1. The molecule has 2 heterocycles. The van der Waals surface area contributed by atoms with Crippen molar-refractivity contribution in [3.63, 3.8) is 0 Å². The summed E-state index contributed by atoms with van der Waals surface area (Å²) in [5, 5.41) is 4.92. The molecule has 1 aromatic carbocycles. The minimum absolute atomic E-state index is 0.00282. The van der Waals surface area contributed by atoms with Crippen molar-refractivity contribution in [3.05, 3.63) is 52.8 Å². The van der Waals surface area contributed by atoms with E-state index in [9.17, 15) is 4.79 Å². The molecule has 0 N–H and O–H groups in total. The molecule has 0 unspecified atom stereocenters. The van der Waals surface area contributed by atoms with Gasteiger partial charge in [0.25, 0.3) is 5.91 Å². The van der Waals surface area contributed by atoms with Gasteiger partial charge in [0, 0.05) is 24.8 Å². The summed E-state index contributed by atoms with van der Waals surface area (Å²) in [7, 11) is 1.82. The minimum Gasteiger partial charge on any atom is -0.330 e. The SMILES string of the molecule is Cn1ccc(C(=O)N2CCC[C@H]2c2ccc(Cl)cc2)n1. The van der Waals surface area contributed by atoms with Crippen molar-refractivity contribution in [1.29, 1.82) is 0 Å². The van der Waals surface area contributed by atoms with Crippen LogP contribution in [0.25, 0.3) is 0 Å². The summed E-state index contributed by atoms with van der Waals surface area (Å²) >= 11 is 5.92. The van der Waals surface area contributed by atoms with Gasteiger partial charge in [0.1, 0.15) is 5.69 Å². The topological polar surface area (TPSA) is 38.1 Å². The second-order valence-electron chi connectivity index (χ2n) is 5.08. The molecule has 5 heteroatoms. The largest absolute Gasteiger partial charge is 0.330 e. The van der Waals surface area contributed by atoms with Gasteiger partial charge in [-0.2, -0.15) is 5.10 Å². The Bertz CT molecular complexity index is 620. The molecule has 1 fully saturated rings. The van der Waals surface area contributed by atoms with Crippen molar-refractivity contribution in [1.82, 2.24) is 14.7 Å². The summed E-state index contributed by atoms with van der Waals surface area (Å²) < 4.78 is 1.65. The van der Waals surface area contributed by atoms with Gasteiger partial charge in [-0.05, 0) is 36.6 Å². The molecule has 0 saturated carbocycles. The fourth-order valence-corrected chi connectivity index (χ4v) is 2.84. The fraction of sp³-hybridized carbons (Fsp3) is 0.333. The molecular weight excluding hydrogens is 274 g/mol. The molecule has 1 aromatic heterocycles. The predicted molar refractivity (Wildman–Crippen MR) is 77.7 cm³/mol. The van der Waals surface area contributed by atoms with E-state index in [1.54, 1.807) is 16.9 Å². The first kappa shape index (κ1) is 13.2. The summed E-state index contributed by atoms with van der Waals surface area (Å²) in [6.07, 6.45) is 3.80. The van der Waals surface area contributed by atoms with Crippen molar-refractivity contribution in [3.8, 4) is 0 Å². The maximum Gasteiger partial charge on any atom is 0.274 e. The normalized spacial score (nSPS) is 18.5. The van der Waals surface area contributed by atoms with Gasteiger partial charge in [-0.15, -0.1) is 0 Å². The number of rotatable bonds is 2. The van der Waals surface area contributed by atoms with Gasteiger partial charge in [-0.1, -0.05) is 23.7 Å². The third-order valence-corrected chi connectivity index (χ3v) is 3.95. The fourth-order valence-electron chi connectivity index (χ4n) is 2.72. The van der Waals surface area contributed by atoms with E-state index >= 15 is 0 Å². The van der Waals surface area contributed by atoms with E-state index in [1.165, 1.54) is 0 Å².